The Bertz CT molecular complexity index is 160. The molecule has 12 heavy (non-hydrogen) atoms. The van der Waals surface area contributed by atoms with E-state index in [0.717, 1.165) is 26.2 Å². The lowest BCUT2D eigenvalue weighted by molar-refractivity contribution is 0.170. The number of hydrogen-bond donors (Lipinski definition) is 2. The van der Waals surface area contributed by atoms with Crippen LogP contribution in [0.4, 0.5) is 4.79 Å². The van der Waals surface area contributed by atoms with E-state index in [1.54, 1.807) is 0 Å². The van der Waals surface area contributed by atoms with Crippen molar-refractivity contribution in [1.82, 2.24) is 15.5 Å². The zero-order valence-electron chi connectivity index (χ0n) is 7.76. The maximum absolute atomic E-state index is 11.2. The summed E-state index contributed by atoms with van der Waals surface area (Å²) in [4.78, 5) is 13.0. The van der Waals surface area contributed by atoms with E-state index in [9.17, 15) is 4.79 Å². The molecule has 0 bridgehead atoms. The molecule has 1 heterocycles. The topological polar surface area (TPSA) is 44.4 Å². The first kappa shape index (κ1) is 9.32. The van der Waals surface area contributed by atoms with Crippen molar-refractivity contribution in [2.75, 3.05) is 33.2 Å². The molecule has 0 radical (unpaired) electrons. The van der Waals surface area contributed by atoms with Gasteiger partial charge in [-0.25, -0.2) is 4.79 Å². The first-order valence-corrected chi connectivity index (χ1v) is 4.45. The summed E-state index contributed by atoms with van der Waals surface area (Å²) in [5, 5.41) is 5.98. The zero-order chi connectivity index (χ0) is 8.97. The van der Waals surface area contributed by atoms with Crippen molar-refractivity contribution in [3.63, 3.8) is 0 Å². The van der Waals surface area contributed by atoms with E-state index < -0.39 is 0 Å². The molecule has 2 amide bonds. The van der Waals surface area contributed by atoms with E-state index in [1.165, 1.54) is 0 Å². The van der Waals surface area contributed by atoms with Crippen LogP contribution in [-0.4, -0.2) is 44.2 Å². The fourth-order valence-corrected chi connectivity index (χ4v) is 1.50. The van der Waals surface area contributed by atoms with Gasteiger partial charge in [0.05, 0.1) is 0 Å². The summed E-state index contributed by atoms with van der Waals surface area (Å²) >= 11 is 0. The van der Waals surface area contributed by atoms with Gasteiger partial charge in [-0.05, 0) is 14.0 Å². The molecular formula is C8H17N3O. The summed E-state index contributed by atoms with van der Waals surface area (Å²) in [5.74, 6) is 0.549. The van der Waals surface area contributed by atoms with Gasteiger partial charge >= 0.3 is 6.03 Å². The largest absolute Gasteiger partial charge is 0.338 e. The summed E-state index contributed by atoms with van der Waals surface area (Å²) in [7, 11) is 1.94. The summed E-state index contributed by atoms with van der Waals surface area (Å²) in [6.45, 7) is 5.45. The van der Waals surface area contributed by atoms with Gasteiger partial charge in [0.25, 0.3) is 0 Å². The number of nitrogens with zero attached hydrogens (tertiary/aromatic N) is 1. The third-order valence-corrected chi connectivity index (χ3v) is 2.18. The molecule has 0 spiro atoms. The van der Waals surface area contributed by atoms with E-state index in [0.29, 0.717) is 5.92 Å². The normalized spacial score (nSPS) is 24.0. The SMILES string of the molecule is CCN1CC(CNC)CNC1=O. The molecule has 2 N–H and O–H groups in total. The number of carbonyl (C=O) groups excluding carboxylic acids is 1. The number of nitrogens with one attached hydrogen (secondary N) is 2. The van der Waals surface area contributed by atoms with Gasteiger partial charge in [-0.15, -0.1) is 0 Å². The van der Waals surface area contributed by atoms with Crippen LogP contribution in [0.5, 0.6) is 0 Å². The summed E-state index contributed by atoms with van der Waals surface area (Å²) in [6.07, 6.45) is 0. The van der Waals surface area contributed by atoms with Gasteiger partial charge in [-0.3, -0.25) is 0 Å². The minimum absolute atomic E-state index is 0.0739. The van der Waals surface area contributed by atoms with Crippen molar-refractivity contribution < 1.29 is 4.79 Å². The highest BCUT2D eigenvalue weighted by atomic mass is 16.2. The highest BCUT2D eigenvalue weighted by Crippen LogP contribution is 2.04. The minimum Gasteiger partial charge on any atom is -0.338 e. The van der Waals surface area contributed by atoms with Crippen LogP contribution in [0.15, 0.2) is 0 Å². The smallest absolute Gasteiger partial charge is 0.317 e. The Morgan fingerprint density at radius 1 is 1.75 bits per heavy atom. The Morgan fingerprint density at radius 3 is 3.08 bits per heavy atom. The molecule has 1 aliphatic rings. The summed E-state index contributed by atoms with van der Waals surface area (Å²) < 4.78 is 0. The van der Waals surface area contributed by atoms with Crippen LogP contribution >= 0.6 is 0 Å². The van der Waals surface area contributed by atoms with Crippen LogP contribution in [0.2, 0.25) is 0 Å². The van der Waals surface area contributed by atoms with Crippen LogP contribution < -0.4 is 10.6 Å². The van der Waals surface area contributed by atoms with Crippen LogP contribution in [0.3, 0.4) is 0 Å². The van der Waals surface area contributed by atoms with Gasteiger partial charge < -0.3 is 15.5 Å². The van der Waals surface area contributed by atoms with Crippen LogP contribution in [0.25, 0.3) is 0 Å². The zero-order valence-corrected chi connectivity index (χ0v) is 7.76. The van der Waals surface area contributed by atoms with Gasteiger partial charge in [0.2, 0.25) is 0 Å². The average molecular weight is 171 g/mol. The lowest BCUT2D eigenvalue weighted by Gasteiger charge is -2.32. The second kappa shape index (κ2) is 4.30. The fourth-order valence-electron chi connectivity index (χ4n) is 1.50. The average Bonchev–Trinajstić information content (AvgIpc) is 2.09. The van der Waals surface area contributed by atoms with Crippen molar-refractivity contribution >= 4 is 6.03 Å². The Kier molecular flexibility index (Phi) is 3.34. The Morgan fingerprint density at radius 2 is 2.50 bits per heavy atom. The number of amides is 2. The van der Waals surface area contributed by atoms with Crippen molar-refractivity contribution in [1.29, 1.82) is 0 Å². The molecule has 0 aliphatic carbocycles. The molecule has 0 saturated carbocycles. The van der Waals surface area contributed by atoms with E-state index >= 15 is 0 Å². The van der Waals surface area contributed by atoms with Crippen molar-refractivity contribution in [2.45, 2.75) is 6.92 Å². The lowest BCUT2D eigenvalue weighted by Crippen LogP contribution is -2.52. The van der Waals surface area contributed by atoms with Crippen LogP contribution in [0, 0.1) is 5.92 Å². The number of rotatable bonds is 3. The molecule has 0 aromatic rings. The number of hydrogen-bond acceptors (Lipinski definition) is 2. The lowest BCUT2D eigenvalue weighted by atomic mass is 10.1. The maximum atomic E-state index is 11.2. The standard InChI is InChI=1S/C8H17N3O/c1-3-11-6-7(4-9-2)5-10-8(11)12/h7,9H,3-6H2,1-2H3,(H,10,12). The number of carbonyl (C=O) groups is 1. The molecule has 1 atom stereocenters. The highest BCUT2D eigenvalue weighted by Gasteiger charge is 2.22. The monoisotopic (exact) mass is 171 g/mol. The molecule has 4 heteroatoms. The van der Waals surface area contributed by atoms with Crippen LogP contribution in [-0.2, 0) is 0 Å². The molecular weight excluding hydrogens is 154 g/mol. The van der Waals surface area contributed by atoms with Crippen molar-refractivity contribution in [2.24, 2.45) is 5.92 Å². The van der Waals surface area contributed by atoms with Gasteiger partial charge in [0.1, 0.15) is 0 Å². The second-order valence-corrected chi connectivity index (χ2v) is 3.15. The molecule has 1 saturated heterocycles. The Labute approximate surface area is 73.3 Å². The van der Waals surface area contributed by atoms with Gasteiger partial charge in [0.15, 0.2) is 0 Å². The predicted octanol–water partition coefficient (Wildman–Crippen LogP) is -0.133. The van der Waals surface area contributed by atoms with Gasteiger partial charge in [-0.2, -0.15) is 0 Å². The van der Waals surface area contributed by atoms with Crippen LogP contribution in [0.1, 0.15) is 6.92 Å². The Hall–Kier alpha value is -0.770. The van der Waals surface area contributed by atoms with E-state index in [2.05, 4.69) is 10.6 Å². The molecule has 70 valence electrons. The van der Waals surface area contributed by atoms with E-state index in [4.69, 9.17) is 0 Å². The molecule has 0 aromatic heterocycles. The minimum atomic E-state index is 0.0739. The second-order valence-electron chi connectivity index (χ2n) is 3.15. The van der Waals surface area contributed by atoms with E-state index in [1.807, 2.05) is 18.9 Å². The predicted molar refractivity (Wildman–Crippen MR) is 48.1 cm³/mol. The summed E-state index contributed by atoms with van der Waals surface area (Å²) in [6, 6.07) is 0.0739. The third kappa shape index (κ3) is 2.11. The first-order chi connectivity index (χ1) is 5.77. The molecule has 1 fully saturated rings. The molecule has 0 aromatic carbocycles. The molecule has 1 rings (SSSR count). The third-order valence-electron chi connectivity index (χ3n) is 2.18. The van der Waals surface area contributed by atoms with Gasteiger partial charge in [0, 0.05) is 32.1 Å². The van der Waals surface area contributed by atoms with Gasteiger partial charge in [-0.1, -0.05) is 0 Å². The first-order valence-electron chi connectivity index (χ1n) is 4.45. The van der Waals surface area contributed by atoms with Crippen molar-refractivity contribution in [3.05, 3.63) is 0 Å². The molecule has 1 unspecified atom stereocenters. The molecule has 1 aliphatic heterocycles. The Balaban J connectivity index is 2.38. The van der Waals surface area contributed by atoms with E-state index in [-0.39, 0.29) is 6.03 Å². The quantitative estimate of drug-likeness (QED) is 0.621. The fraction of sp³-hybridized carbons (Fsp3) is 0.875. The highest BCUT2D eigenvalue weighted by molar-refractivity contribution is 5.74. The number of urea groups is 1. The summed E-state index contributed by atoms with van der Waals surface area (Å²) in [5.41, 5.74) is 0. The van der Waals surface area contributed by atoms with Crippen molar-refractivity contribution in [3.8, 4) is 0 Å². The molecule has 4 nitrogen and oxygen atoms in total. The maximum Gasteiger partial charge on any atom is 0.317 e.